The number of hydrogen-bond donors (Lipinski definition) is 4. The van der Waals surface area contributed by atoms with Gasteiger partial charge in [-0.1, -0.05) is 19.8 Å². The van der Waals surface area contributed by atoms with Crippen LogP contribution >= 0.6 is 0 Å². The molecule has 4 N–H and O–H groups in total. The molecule has 4 fully saturated rings. The highest BCUT2D eigenvalue weighted by Gasteiger charge is 2.70. The zero-order valence-corrected chi connectivity index (χ0v) is 17.5. The largest absolute Gasteiger partial charge is 0.462 e. The molecule has 0 amide bonds. The van der Waals surface area contributed by atoms with E-state index in [2.05, 4.69) is 12.8 Å². The quantitative estimate of drug-likeness (QED) is 0.386. The van der Waals surface area contributed by atoms with Gasteiger partial charge in [0.15, 0.2) is 5.60 Å². The Kier molecular flexibility index (Phi) is 4.87. The number of ether oxygens (including phenoxy) is 1. The Morgan fingerprint density at radius 2 is 1.76 bits per heavy atom. The van der Waals surface area contributed by atoms with E-state index in [-0.39, 0.29) is 35.1 Å². The Bertz CT molecular complexity index is 731. The number of hydrogen-bond acceptors (Lipinski definition) is 6. The lowest BCUT2D eigenvalue weighted by Gasteiger charge is -2.63. The lowest BCUT2D eigenvalue weighted by atomic mass is 9.43. The summed E-state index contributed by atoms with van der Waals surface area (Å²) in [5.41, 5.74) is -2.44. The first-order chi connectivity index (χ1) is 13.5. The Hall–Kier alpha value is -1.13. The number of terminal acetylenes is 1. The van der Waals surface area contributed by atoms with Crippen LogP contribution in [0.3, 0.4) is 0 Å². The molecule has 0 spiro atoms. The zero-order chi connectivity index (χ0) is 21.4. The van der Waals surface area contributed by atoms with Gasteiger partial charge in [0.2, 0.25) is 0 Å². The molecule has 29 heavy (non-hydrogen) atoms. The van der Waals surface area contributed by atoms with Gasteiger partial charge < -0.3 is 25.2 Å². The van der Waals surface area contributed by atoms with Crippen LogP contribution < -0.4 is 0 Å². The van der Waals surface area contributed by atoms with Crippen LogP contribution in [0, 0.1) is 46.8 Å². The van der Waals surface area contributed by atoms with Gasteiger partial charge >= 0.3 is 5.97 Å². The van der Waals surface area contributed by atoms with E-state index in [0.717, 1.165) is 12.8 Å². The minimum Gasteiger partial charge on any atom is -0.462 e. The summed E-state index contributed by atoms with van der Waals surface area (Å²) in [5.74, 6) is 2.00. The molecular weight excluding hydrogens is 372 g/mol. The van der Waals surface area contributed by atoms with Crippen molar-refractivity contribution in [2.24, 2.45) is 34.5 Å². The Labute approximate surface area is 172 Å². The van der Waals surface area contributed by atoms with Crippen LogP contribution in [-0.2, 0) is 9.53 Å². The van der Waals surface area contributed by atoms with Crippen LogP contribution in [0.15, 0.2) is 0 Å². The van der Waals surface area contributed by atoms with Gasteiger partial charge in [-0.3, -0.25) is 4.79 Å². The number of carbonyl (C=O) groups excluding carboxylic acids is 1. The van der Waals surface area contributed by atoms with Crippen molar-refractivity contribution < 1.29 is 30.0 Å². The van der Waals surface area contributed by atoms with Gasteiger partial charge in [-0.2, -0.15) is 0 Å². The standard InChI is InChI=1S/C23H34O6/c1-5-23(28)18(26)11-14-19-13(6-9-22(14,23)4)21(3)8-7-16(25)20(27)15(21)10-17(19)29-12(2)24/h1,13-20,25-28H,6-11H2,2-4H3/t13-,14+,15?,16?,17?,18?,19-,20?,21-,22+,23?/m1/s1. The first-order valence-corrected chi connectivity index (χ1v) is 10.9. The van der Waals surface area contributed by atoms with Crippen molar-refractivity contribution >= 4 is 5.97 Å². The molecule has 0 aromatic carbocycles. The number of carbonyl (C=O) groups is 1. The van der Waals surface area contributed by atoms with Gasteiger partial charge in [0.05, 0.1) is 18.3 Å². The van der Waals surface area contributed by atoms with Crippen LogP contribution in [-0.4, -0.2) is 56.4 Å². The van der Waals surface area contributed by atoms with E-state index in [1.165, 1.54) is 6.92 Å². The van der Waals surface area contributed by atoms with Crippen molar-refractivity contribution in [1.29, 1.82) is 0 Å². The Morgan fingerprint density at radius 1 is 1.07 bits per heavy atom. The van der Waals surface area contributed by atoms with Crippen molar-refractivity contribution in [2.75, 3.05) is 0 Å². The fourth-order valence-electron chi connectivity index (χ4n) is 7.86. The van der Waals surface area contributed by atoms with E-state index >= 15 is 0 Å². The van der Waals surface area contributed by atoms with Gasteiger partial charge in [0, 0.05) is 18.3 Å². The molecule has 6 unspecified atom stereocenters. The minimum atomic E-state index is -1.59. The van der Waals surface area contributed by atoms with Crippen molar-refractivity contribution in [3.05, 3.63) is 0 Å². The predicted molar refractivity (Wildman–Crippen MR) is 105 cm³/mol. The van der Waals surface area contributed by atoms with Gasteiger partial charge in [0.25, 0.3) is 0 Å². The molecule has 6 nitrogen and oxygen atoms in total. The molecule has 11 atom stereocenters. The van der Waals surface area contributed by atoms with E-state index in [1.54, 1.807) is 0 Å². The highest BCUT2D eigenvalue weighted by atomic mass is 16.5. The van der Waals surface area contributed by atoms with Gasteiger partial charge in [-0.25, -0.2) is 0 Å². The number of esters is 1. The van der Waals surface area contributed by atoms with Crippen LogP contribution in [0.1, 0.15) is 59.3 Å². The summed E-state index contributed by atoms with van der Waals surface area (Å²) in [5, 5.41) is 43.0. The summed E-state index contributed by atoms with van der Waals surface area (Å²) in [4.78, 5) is 11.9. The second-order valence-electron chi connectivity index (χ2n) is 10.5. The van der Waals surface area contributed by atoms with E-state index < -0.39 is 35.4 Å². The third-order valence-electron chi connectivity index (χ3n) is 9.48. The van der Waals surface area contributed by atoms with E-state index in [4.69, 9.17) is 11.2 Å². The maximum atomic E-state index is 11.9. The number of fused-ring (bicyclic) bond motifs is 5. The lowest BCUT2D eigenvalue weighted by Crippen LogP contribution is -2.64. The summed E-state index contributed by atoms with van der Waals surface area (Å²) >= 11 is 0. The number of aliphatic hydroxyl groups excluding tert-OH is 3. The van der Waals surface area contributed by atoms with Crippen LogP contribution in [0.4, 0.5) is 0 Å². The Balaban J connectivity index is 1.78. The third kappa shape index (κ3) is 2.67. The fraction of sp³-hybridized carbons (Fsp3) is 0.870. The number of aliphatic hydroxyl groups is 4. The maximum absolute atomic E-state index is 11.9. The fourth-order valence-corrected chi connectivity index (χ4v) is 7.86. The highest BCUT2D eigenvalue weighted by molar-refractivity contribution is 5.66. The predicted octanol–water partition coefficient (Wildman–Crippen LogP) is 1.24. The van der Waals surface area contributed by atoms with Crippen LogP contribution in [0.25, 0.3) is 0 Å². The molecule has 4 saturated carbocycles. The van der Waals surface area contributed by atoms with Crippen molar-refractivity contribution in [1.82, 2.24) is 0 Å². The lowest BCUT2D eigenvalue weighted by molar-refractivity contribution is -0.221. The molecule has 4 rings (SSSR count). The molecule has 4 aliphatic rings. The highest BCUT2D eigenvalue weighted by Crippen LogP contribution is 2.68. The van der Waals surface area contributed by atoms with E-state index in [0.29, 0.717) is 25.7 Å². The molecule has 4 aliphatic carbocycles. The monoisotopic (exact) mass is 406 g/mol. The van der Waals surface area contributed by atoms with Gasteiger partial charge in [-0.05, 0) is 61.7 Å². The molecule has 0 aromatic rings. The summed E-state index contributed by atoms with van der Waals surface area (Å²) in [6.07, 6.45) is 6.33. The van der Waals surface area contributed by atoms with Gasteiger partial charge in [0.1, 0.15) is 6.10 Å². The summed E-state index contributed by atoms with van der Waals surface area (Å²) in [6, 6.07) is 0. The first kappa shape index (κ1) is 21.1. The SMILES string of the molecule is C#CC1(O)C(O)C[C@H]2[C@@H]3C(OC(C)=O)CC4C(O)C(O)CC[C@]4(C)[C@@H]3CC[C@@]21C. The van der Waals surface area contributed by atoms with Crippen LogP contribution in [0.5, 0.6) is 0 Å². The third-order valence-corrected chi connectivity index (χ3v) is 9.48. The molecule has 0 aliphatic heterocycles. The van der Waals surface area contributed by atoms with E-state index in [9.17, 15) is 25.2 Å². The molecule has 0 aromatic heterocycles. The van der Waals surface area contributed by atoms with Crippen molar-refractivity contribution in [2.45, 2.75) is 89.3 Å². The molecular formula is C23H34O6. The molecule has 0 radical (unpaired) electrons. The summed E-state index contributed by atoms with van der Waals surface area (Å²) in [7, 11) is 0. The molecule has 6 heteroatoms. The van der Waals surface area contributed by atoms with Crippen LogP contribution in [0.2, 0.25) is 0 Å². The first-order valence-electron chi connectivity index (χ1n) is 10.9. The molecule has 0 saturated heterocycles. The Morgan fingerprint density at radius 3 is 2.38 bits per heavy atom. The normalized spacial score (nSPS) is 56.5. The smallest absolute Gasteiger partial charge is 0.302 e. The second kappa shape index (κ2) is 6.68. The van der Waals surface area contributed by atoms with Gasteiger partial charge in [-0.15, -0.1) is 6.42 Å². The zero-order valence-electron chi connectivity index (χ0n) is 17.5. The average molecular weight is 407 g/mol. The molecule has 0 bridgehead atoms. The second-order valence-corrected chi connectivity index (χ2v) is 10.5. The van der Waals surface area contributed by atoms with Crippen molar-refractivity contribution in [3.63, 3.8) is 0 Å². The summed E-state index contributed by atoms with van der Waals surface area (Å²) in [6.45, 7) is 5.54. The maximum Gasteiger partial charge on any atom is 0.302 e. The number of rotatable bonds is 1. The topological polar surface area (TPSA) is 107 Å². The van der Waals surface area contributed by atoms with Crippen molar-refractivity contribution in [3.8, 4) is 12.3 Å². The molecule has 162 valence electrons. The summed E-state index contributed by atoms with van der Waals surface area (Å²) < 4.78 is 5.78. The minimum absolute atomic E-state index is 0.0432. The average Bonchev–Trinajstić information content (AvgIpc) is 2.87. The molecule has 0 heterocycles. The van der Waals surface area contributed by atoms with E-state index in [1.807, 2.05) is 6.92 Å².